The summed E-state index contributed by atoms with van der Waals surface area (Å²) in [5.41, 5.74) is 0.490. The highest BCUT2D eigenvalue weighted by molar-refractivity contribution is 9.10. The zero-order chi connectivity index (χ0) is 15.3. The van der Waals surface area contributed by atoms with E-state index in [1.807, 2.05) is 34.6 Å². The Bertz CT molecular complexity index is 440. The van der Waals surface area contributed by atoms with Crippen molar-refractivity contribution in [2.24, 2.45) is 0 Å². The number of ether oxygens (including phenoxy) is 1. The molecule has 1 unspecified atom stereocenters. The summed E-state index contributed by atoms with van der Waals surface area (Å²) in [6.45, 7) is 10.4. The Hall–Kier alpha value is -1.04. The summed E-state index contributed by atoms with van der Waals surface area (Å²) >= 11 is 3.28. The standard InChI is InChI=1S/C12H18BrN3O2.C2H6/c1-12(2,3)18-11(17)16-6-4-5-9(16)8-7-14-10(13)15-8;1-2/h7,9H,4-6H2,1-3H3,(H,14,15);1-2H3. The summed E-state index contributed by atoms with van der Waals surface area (Å²) in [5.74, 6) is 0. The zero-order valence-corrected chi connectivity index (χ0v) is 14.5. The van der Waals surface area contributed by atoms with Gasteiger partial charge in [-0.15, -0.1) is 0 Å². The minimum atomic E-state index is -0.460. The lowest BCUT2D eigenvalue weighted by molar-refractivity contribution is 0.0221. The summed E-state index contributed by atoms with van der Waals surface area (Å²) in [5, 5.41) is 0. The number of carbonyl (C=O) groups excluding carboxylic acids is 1. The van der Waals surface area contributed by atoms with Crippen LogP contribution in [0.15, 0.2) is 10.9 Å². The molecule has 0 radical (unpaired) electrons. The third-order valence-electron chi connectivity index (χ3n) is 2.80. The van der Waals surface area contributed by atoms with E-state index in [0.29, 0.717) is 4.73 Å². The van der Waals surface area contributed by atoms with Crippen molar-refractivity contribution in [3.8, 4) is 0 Å². The average Bonchev–Trinajstić information content (AvgIpc) is 2.97. The Morgan fingerprint density at radius 3 is 2.65 bits per heavy atom. The molecule has 0 aliphatic carbocycles. The molecule has 0 spiro atoms. The predicted octanol–water partition coefficient (Wildman–Crippen LogP) is 4.27. The van der Waals surface area contributed by atoms with Crippen LogP contribution in [0.5, 0.6) is 0 Å². The van der Waals surface area contributed by atoms with Crippen molar-refractivity contribution in [2.75, 3.05) is 6.54 Å². The van der Waals surface area contributed by atoms with E-state index in [2.05, 4.69) is 25.9 Å². The fourth-order valence-electron chi connectivity index (χ4n) is 2.11. The van der Waals surface area contributed by atoms with E-state index >= 15 is 0 Å². The molecule has 2 rings (SSSR count). The number of halogens is 1. The van der Waals surface area contributed by atoms with Crippen LogP contribution in [0.2, 0.25) is 0 Å². The first-order valence-corrected chi connectivity index (χ1v) is 7.86. The van der Waals surface area contributed by atoms with Gasteiger partial charge < -0.3 is 9.72 Å². The monoisotopic (exact) mass is 345 g/mol. The van der Waals surface area contributed by atoms with Crippen molar-refractivity contribution in [2.45, 2.75) is 59.1 Å². The second-order valence-corrected chi connectivity index (χ2v) is 6.21. The lowest BCUT2D eigenvalue weighted by atomic mass is 10.1. The summed E-state index contributed by atoms with van der Waals surface area (Å²) in [4.78, 5) is 21.1. The largest absolute Gasteiger partial charge is 0.444 e. The molecular formula is C14H24BrN3O2. The molecule has 1 amide bonds. The number of hydrogen-bond acceptors (Lipinski definition) is 3. The first-order valence-electron chi connectivity index (χ1n) is 7.07. The molecule has 0 bridgehead atoms. The maximum Gasteiger partial charge on any atom is 0.410 e. The number of H-pyrrole nitrogens is 1. The van der Waals surface area contributed by atoms with Gasteiger partial charge in [0.05, 0.1) is 17.9 Å². The van der Waals surface area contributed by atoms with Gasteiger partial charge in [0.15, 0.2) is 4.73 Å². The summed E-state index contributed by atoms with van der Waals surface area (Å²) in [6.07, 6.45) is 3.43. The smallest absolute Gasteiger partial charge is 0.410 e. The molecule has 5 nitrogen and oxygen atoms in total. The second kappa shape index (κ2) is 7.11. The SMILES string of the molecule is CC.CC(C)(C)OC(=O)N1CCCC1c1cnc(Br)[nH]1. The van der Waals surface area contributed by atoms with Crippen LogP contribution in [-0.2, 0) is 4.74 Å². The molecule has 6 heteroatoms. The van der Waals surface area contributed by atoms with Crippen LogP contribution in [0, 0.1) is 0 Å². The number of nitrogens with zero attached hydrogens (tertiary/aromatic N) is 2. The highest BCUT2D eigenvalue weighted by Gasteiger charge is 2.34. The van der Waals surface area contributed by atoms with Crippen LogP contribution in [0.1, 0.15) is 59.2 Å². The number of hydrogen-bond donors (Lipinski definition) is 1. The van der Waals surface area contributed by atoms with Crippen LogP contribution in [-0.4, -0.2) is 33.1 Å². The highest BCUT2D eigenvalue weighted by atomic mass is 79.9. The Morgan fingerprint density at radius 1 is 1.50 bits per heavy atom. The van der Waals surface area contributed by atoms with Crippen molar-refractivity contribution in [1.29, 1.82) is 0 Å². The van der Waals surface area contributed by atoms with Crippen LogP contribution >= 0.6 is 15.9 Å². The number of likely N-dealkylation sites (tertiary alicyclic amines) is 1. The Morgan fingerprint density at radius 2 is 2.15 bits per heavy atom. The normalized spacial score (nSPS) is 18.5. The fraction of sp³-hybridized carbons (Fsp3) is 0.714. The maximum absolute atomic E-state index is 12.1. The van der Waals surface area contributed by atoms with Crippen molar-refractivity contribution >= 4 is 22.0 Å². The van der Waals surface area contributed by atoms with Crippen LogP contribution in [0.3, 0.4) is 0 Å². The van der Waals surface area contributed by atoms with Gasteiger partial charge in [-0.05, 0) is 49.5 Å². The molecule has 2 heterocycles. The van der Waals surface area contributed by atoms with Crippen molar-refractivity contribution in [1.82, 2.24) is 14.9 Å². The van der Waals surface area contributed by atoms with Gasteiger partial charge in [0.2, 0.25) is 0 Å². The molecule has 1 atom stereocenters. The van der Waals surface area contributed by atoms with E-state index in [0.717, 1.165) is 25.1 Å². The number of imidazole rings is 1. The second-order valence-electron chi connectivity index (χ2n) is 5.46. The predicted molar refractivity (Wildman–Crippen MR) is 82.6 cm³/mol. The minimum absolute atomic E-state index is 0.0404. The Kier molecular flexibility index (Phi) is 6.05. The number of rotatable bonds is 1. The molecule has 1 N–H and O–H groups in total. The van der Waals surface area contributed by atoms with Crippen molar-refractivity contribution in [3.63, 3.8) is 0 Å². The van der Waals surface area contributed by atoms with Gasteiger partial charge in [-0.3, -0.25) is 4.90 Å². The quantitative estimate of drug-likeness (QED) is 0.826. The van der Waals surface area contributed by atoms with E-state index in [4.69, 9.17) is 4.74 Å². The van der Waals surface area contributed by atoms with Crippen LogP contribution in [0.25, 0.3) is 0 Å². The van der Waals surface area contributed by atoms with Gasteiger partial charge in [0.1, 0.15) is 5.60 Å². The third kappa shape index (κ3) is 4.51. The van der Waals surface area contributed by atoms with Crippen LogP contribution < -0.4 is 0 Å². The van der Waals surface area contributed by atoms with Gasteiger partial charge in [0, 0.05) is 6.54 Å². The van der Waals surface area contributed by atoms with E-state index < -0.39 is 5.60 Å². The third-order valence-corrected chi connectivity index (χ3v) is 3.21. The summed E-state index contributed by atoms with van der Waals surface area (Å²) in [6, 6.07) is 0.0404. The van der Waals surface area contributed by atoms with E-state index in [-0.39, 0.29) is 12.1 Å². The molecule has 1 saturated heterocycles. The minimum Gasteiger partial charge on any atom is -0.444 e. The van der Waals surface area contributed by atoms with Crippen molar-refractivity contribution in [3.05, 3.63) is 16.6 Å². The number of nitrogens with one attached hydrogen (secondary N) is 1. The topological polar surface area (TPSA) is 58.2 Å². The highest BCUT2D eigenvalue weighted by Crippen LogP contribution is 2.32. The number of amides is 1. The van der Waals surface area contributed by atoms with Gasteiger partial charge in [0.25, 0.3) is 0 Å². The van der Waals surface area contributed by atoms with E-state index in [1.54, 1.807) is 11.1 Å². The Balaban J connectivity index is 0.000000956. The van der Waals surface area contributed by atoms with E-state index in [1.165, 1.54) is 0 Å². The molecule has 1 aliphatic rings. The molecule has 1 aliphatic heterocycles. The summed E-state index contributed by atoms with van der Waals surface area (Å²) < 4.78 is 6.11. The van der Waals surface area contributed by atoms with Crippen LogP contribution in [0.4, 0.5) is 4.79 Å². The fourth-order valence-corrected chi connectivity index (χ4v) is 2.44. The van der Waals surface area contributed by atoms with E-state index in [9.17, 15) is 4.79 Å². The molecule has 0 aromatic carbocycles. The molecular weight excluding hydrogens is 322 g/mol. The number of aromatic amines is 1. The molecule has 1 fully saturated rings. The molecule has 0 saturated carbocycles. The molecule has 114 valence electrons. The molecule has 1 aromatic heterocycles. The number of aromatic nitrogens is 2. The molecule has 20 heavy (non-hydrogen) atoms. The maximum atomic E-state index is 12.1. The van der Waals surface area contributed by atoms with Gasteiger partial charge in [-0.1, -0.05) is 13.8 Å². The number of carbonyl (C=O) groups is 1. The molecule has 1 aromatic rings. The lowest BCUT2D eigenvalue weighted by Gasteiger charge is -2.28. The lowest BCUT2D eigenvalue weighted by Crippen LogP contribution is -2.36. The summed E-state index contributed by atoms with van der Waals surface area (Å²) in [7, 11) is 0. The van der Waals surface area contributed by atoms with Gasteiger partial charge >= 0.3 is 6.09 Å². The van der Waals surface area contributed by atoms with Gasteiger partial charge in [-0.2, -0.15) is 0 Å². The van der Waals surface area contributed by atoms with Crippen molar-refractivity contribution < 1.29 is 9.53 Å². The first kappa shape index (κ1) is 17.0. The zero-order valence-electron chi connectivity index (χ0n) is 12.9. The first-order chi connectivity index (χ1) is 9.37. The van der Waals surface area contributed by atoms with Gasteiger partial charge in [-0.25, -0.2) is 9.78 Å². The Labute approximate surface area is 129 Å². The average molecular weight is 346 g/mol.